The summed E-state index contributed by atoms with van der Waals surface area (Å²) >= 11 is 14.2. The van der Waals surface area contributed by atoms with Gasteiger partial charge in [0.1, 0.15) is 0 Å². The molecule has 0 amide bonds. The minimum Gasteiger partial charge on any atom is -0.305 e. The first-order valence-corrected chi connectivity index (χ1v) is 7.42. The van der Waals surface area contributed by atoms with Crippen molar-refractivity contribution in [1.82, 2.24) is 5.32 Å². The molecule has 1 N–H and O–H groups in total. The summed E-state index contributed by atoms with van der Waals surface area (Å²) < 4.78 is 1.25. The summed E-state index contributed by atoms with van der Waals surface area (Å²) in [6.07, 6.45) is 0.935. The van der Waals surface area contributed by atoms with Crippen LogP contribution >= 0.6 is 45.8 Å². The van der Waals surface area contributed by atoms with Crippen LogP contribution in [0.2, 0.25) is 0 Å². The van der Waals surface area contributed by atoms with E-state index in [1.807, 2.05) is 0 Å². The van der Waals surface area contributed by atoms with Gasteiger partial charge >= 0.3 is 0 Å². The van der Waals surface area contributed by atoms with Crippen LogP contribution in [0.25, 0.3) is 0 Å². The van der Waals surface area contributed by atoms with Gasteiger partial charge in [0.05, 0.1) is 0 Å². The molecule has 1 aromatic rings. The second-order valence-corrected chi connectivity index (χ2v) is 5.66. The molecule has 0 saturated carbocycles. The Morgan fingerprint density at radius 3 is 2.19 bits per heavy atom. The fourth-order valence-electron chi connectivity index (χ4n) is 1.34. The number of halogens is 3. The zero-order valence-electron chi connectivity index (χ0n) is 9.27. The molecule has 4 heteroatoms. The zero-order valence-corrected chi connectivity index (χ0v) is 12.9. The number of rotatable bonds is 6. The average Bonchev–Trinajstić information content (AvgIpc) is 2.34. The van der Waals surface area contributed by atoms with Crippen LogP contribution in [-0.4, -0.2) is 17.3 Å². The van der Waals surface area contributed by atoms with E-state index in [2.05, 4.69) is 59.1 Å². The monoisotopic (exact) mass is 371 g/mol. The normalized spacial score (nSPS) is 11.8. The fourth-order valence-corrected chi connectivity index (χ4v) is 2.55. The first-order valence-electron chi connectivity index (χ1n) is 5.27. The van der Waals surface area contributed by atoms with Gasteiger partial charge in [-0.2, -0.15) is 0 Å². The number of alkyl halides is 2. The lowest BCUT2D eigenvalue weighted by Crippen LogP contribution is -2.47. The van der Waals surface area contributed by atoms with Crippen LogP contribution in [0.4, 0.5) is 0 Å². The molecule has 0 fully saturated rings. The summed E-state index contributed by atoms with van der Waals surface area (Å²) in [6.45, 7) is 2.91. The number of benzene rings is 1. The van der Waals surface area contributed by atoms with Crippen molar-refractivity contribution in [3.8, 4) is 0 Å². The molecular weight excluding hydrogens is 356 g/mol. The molecule has 0 unspecified atom stereocenters. The summed E-state index contributed by atoms with van der Waals surface area (Å²) in [6, 6.07) is 8.45. The third-order valence-electron chi connectivity index (χ3n) is 2.77. The molecule has 0 saturated heterocycles. The van der Waals surface area contributed by atoms with Crippen LogP contribution in [-0.2, 0) is 6.54 Å². The predicted molar refractivity (Wildman–Crippen MR) is 80.5 cm³/mol. The molecule has 1 nitrogen and oxygen atoms in total. The average molecular weight is 372 g/mol. The number of hydrogen-bond donors (Lipinski definition) is 1. The van der Waals surface area contributed by atoms with Crippen LogP contribution in [0.1, 0.15) is 18.9 Å². The molecule has 0 aliphatic carbocycles. The van der Waals surface area contributed by atoms with Gasteiger partial charge in [0.2, 0.25) is 0 Å². The van der Waals surface area contributed by atoms with Gasteiger partial charge in [0.25, 0.3) is 0 Å². The van der Waals surface area contributed by atoms with Gasteiger partial charge in [-0.3, -0.25) is 0 Å². The van der Waals surface area contributed by atoms with Crippen LogP contribution in [0.15, 0.2) is 24.3 Å². The Hall–Kier alpha value is 0.490. The molecule has 0 bridgehead atoms. The molecule has 0 aliphatic heterocycles. The van der Waals surface area contributed by atoms with Gasteiger partial charge < -0.3 is 5.32 Å². The van der Waals surface area contributed by atoms with Crippen molar-refractivity contribution in [2.45, 2.75) is 25.4 Å². The van der Waals surface area contributed by atoms with Crippen molar-refractivity contribution < 1.29 is 0 Å². The second-order valence-electron chi connectivity index (χ2n) is 3.88. The lowest BCUT2D eigenvalue weighted by atomic mass is 10.0. The Morgan fingerprint density at radius 1 is 1.19 bits per heavy atom. The van der Waals surface area contributed by atoms with Crippen LogP contribution in [0.3, 0.4) is 0 Å². The van der Waals surface area contributed by atoms with E-state index in [0.29, 0.717) is 11.8 Å². The number of hydrogen-bond acceptors (Lipinski definition) is 1. The van der Waals surface area contributed by atoms with Gasteiger partial charge in [0, 0.05) is 27.4 Å². The molecule has 0 radical (unpaired) electrons. The highest BCUT2D eigenvalue weighted by molar-refractivity contribution is 14.1. The van der Waals surface area contributed by atoms with Crippen LogP contribution < -0.4 is 5.32 Å². The predicted octanol–water partition coefficient (Wildman–Crippen LogP) is 4.01. The van der Waals surface area contributed by atoms with E-state index in [0.717, 1.165) is 13.0 Å². The molecule has 0 spiro atoms. The zero-order chi connectivity index (χ0) is 12.0. The van der Waals surface area contributed by atoms with E-state index in [1.165, 1.54) is 9.13 Å². The smallest absolute Gasteiger partial charge is 0.0453 e. The number of nitrogens with one attached hydrogen (secondary N) is 1. The van der Waals surface area contributed by atoms with E-state index in [1.54, 1.807) is 0 Å². The minimum atomic E-state index is -0.147. The van der Waals surface area contributed by atoms with E-state index < -0.39 is 0 Å². The third-order valence-corrected chi connectivity index (χ3v) is 4.51. The Bertz CT molecular complexity index is 301. The summed E-state index contributed by atoms with van der Waals surface area (Å²) in [4.78, 5) is 0. The molecule has 0 aliphatic rings. The highest BCUT2D eigenvalue weighted by atomic mass is 127. The molecule has 1 rings (SSSR count). The van der Waals surface area contributed by atoms with Crippen molar-refractivity contribution in [2.75, 3.05) is 11.8 Å². The van der Waals surface area contributed by atoms with E-state index >= 15 is 0 Å². The summed E-state index contributed by atoms with van der Waals surface area (Å²) in [5.74, 6) is 1.08. The third kappa shape index (κ3) is 4.06. The highest BCUT2D eigenvalue weighted by Gasteiger charge is 2.25. The van der Waals surface area contributed by atoms with E-state index in [4.69, 9.17) is 23.2 Å². The SMILES string of the molecule is CCC(CCl)(CCl)NCc1ccc(I)cc1. The Labute approximate surface area is 121 Å². The standard InChI is InChI=1S/C12H16Cl2IN/c1-2-12(8-13,9-14)16-7-10-3-5-11(15)6-4-10/h3-6,16H,2,7-9H2,1H3. The summed E-state index contributed by atoms with van der Waals surface area (Å²) in [5, 5.41) is 3.45. The summed E-state index contributed by atoms with van der Waals surface area (Å²) in [7, 11) is 0. The van der Waals surface area contributed by atoms with Gasteiger partial charge in [-0.25, -0.2) is 0 Å². The Kier molecular flexibility index (Phi) is 6.40. The van der Waals surface area contributed by atoms with Gasteiger partial charge in [-0.05, 0) is 46.7 Å². The molecule has 1 aromatic carbocycles. The van der Waals surface area contributed by atoms with Crippen molar-refractivity contribution in [3.05, 3.63) is 33.4 Å². The van der Waals surface area contributed by atoms with Crippen molar-refractivity contribution in [2.24, 2.45) is 0 Å². The van der Waals surface area contributed by atoms with E-state index in [9.17, 15) is 0 Å². The van der Waals surface area contributed by atoms with Crippen LogP contribution in [0.5, 0.6) is 0 Å². The lowest BCUT2D eigenvalue weighted by molar-refractivity contribution is 0.385. The molecular formula is C12H16Cl2IN. The van der Waals surface area contributed by atoms with Crippen molar-refractivity contribution >= 4 is 45.8 Å². The minimum absolute atomic E-state index is 0.147. The first kappa shape index (κ1) is 14.6. The lowest BCUT2D eigenvalue weighted by Gasteiger charge is -2.29. The maximum absolute atomic E-state index is 5.97. The second kappa shape index (κ2) is 7.04. The Balaban J connectivity index is 2.58. The molecule has 16 heavy (non-hydrogen) atoms. The molecule has 90 valence electrons. The molecule has 0 aromatic heterocycles. The highest BCUT2D eigenvalue weighted by Crippen LogP contribution is 2.16. The largest absolute Gasteiger partial charge is 0.305 e. The van der Waals surface area contributed by atoms with E-state index in [-0.39, 0.29) is 5.54 Å². The Morgan fingerprint density at radius 2 is 1.75 bits per heavy atom. The quantitative estimate of drug-likeness (QED) is 0.588. The van der Waals surface area contributed by atoms with Gasteiger partial charge in [-0.1, -0.05) is 19.1 Å². The van der Waals surface area contributed by atoms with Crippen molar-refractivity contribution in [3.63, 3.8) is 0 Å². The topological polar surface area (TPSA) is 12.0 Å². The maximum Gasteiger partial charge on any atom is 0.0453 e. The maximum atomic E-state index is 5.97. The van der Waals surface area contributed by atoms with Gasteiger partial charge in [0.15, 0.2) is 0 Å². The molecule has 0 atom stereocenters. The van der Waals surface area contributed by atoms with Gasteiger partial charge in [-0.15, -0.1) is 23.2 Å². The first-order chi connectivity index (χ1) is 7.65. The summed E-state index contributed by atoms with van der Waals surface area (Å²) in [5.41, 5.74) is 1.11. The van der Waals surface area contributed by atoms with Crippen LogP contribution in [0, 0.1) is 3.57 Å². The fraction of sp³-hybridized carbons (Fsp3) is 0.500. The van der Waals surface area contributed by atoms with Crippen molar-refractivity contribution in [1.29, 1.82) is 0 Å². The molecule has 0 heterocycles.